The zero-order valence-corrected chi connectivity index (χ0v) is 10.7. The van der Waals surface area contributed by atoms with E-state index in [1.807, 2.05) is 23.6 Å². The highest BCUT2D eigenvalue weighted by Gasteiger charge is 2.03. The Bertz CT molecular complexity index is 508. The quantitative estimate of drug-likeness (QED) is 0.868. The van der Waals surface area contributed by atoms with E-state index in [2.05, 4.69) is 5.32 Å². The number of aromatic hydroxyl groups is 1. The summed E-state index contributed by atoms with van der Waals surface area (Å²) in [4.78, 5) is 12.7. The maximum atomic E-state index is 11.6. The van der Waals surface area contributed by atoms with Crippen molar-refractivity contribution in [3.05, 3.63) is 52.2 Å². The Morgan fingerprint density at radius 2 is 2.17 bits per heavy atom. The van der Waals surface area contributed by atoms with Crippen LogP contribution in [0.15, 0.2) is 41.8 Å². The summed E-state index contributed by atoms with van der Waals surface area (Å²) in [6, 6.07) is 11.0. The van der Waals surface area contributed by atoms with E-state index in [9.17, 15) is 9.90 Å². The Hall–Kier alpha value is -1.81. The fraction of sp³-hybridized carbons (Fsp3) is 0.214. The van der Waals surface area contributed by atoms with Crippen molar-refractivity contribution in [3.8, 4) is 5.75 Å². The van der Waals surface area contributed by atoms with Crippen LogP contribution in [0.2, 0.25) is 0 Å². The van der Waals surface area contributed by atoms with Gasteiger partial charge in [-0.3, -0.25) is 4.79 Å². The third-order valence-corrected chi connectivity index (χ3v) is 3.44. The number of phenolic OH excluding ortho intramolecular Hbond substituents is 1. The lowest BCUT2D eigenvalue weighted by atomic mass is 10.1. The van der Waals surface area contributed by atoms with E-state index in [4.69, 9.17) is 0 Å². The van der Waals surface area contributed by atoms with Crippen molar-refractivity contribution in [2.24, 2.45) is 0 Å². The summed E-state index contributed by atoms with van der Waals surface area (Å²) in [5.41, 5.74) is 1.02. The van der Waals surface area contributed by atoms with Crippen molar-refractivity contribution < 1.29 is 9.90 Å². The molecule has 1 aromatic carbocycles. The average Bonchev–Trinajstić information content (AvgIpc) is 2.82. The van der Waals surface area contributed by atoms with Crippen LogP contribution >= 0.6 is 11.3 Å². The molecular weight excluding hydrogens is 246 g/mol. The topological polar surface area (TPSA) is 49.3 Å². The first kappa shape index (κ1) is 12.6. The zero-order chi connectivity index (χ0) is 12.8. The minimum Gasteiger partial charge on any atom is -0.508 e. The first-order valence-corrected chi connectivity index (χ1v) is 6.69. The lowest BCUT2D eigenvalue weighted by Crippen LogP contribution is -2.26. The second kappa shape index (κ2) is 6.21. The van der Waals surface area contributed by atoms with Gasteiger partial charge in [0.1, 0.15) is 5.75 Å². The number of hydrogen-bond acceptors (Lipinski definition) is 3. The number of amides is 1. The monoisotopic (exact) mass is 261 g/mol. The molecule has 1 aromatic heterocycles. The van der Waals surface area contributed by atoms with Gasteiger partial charge < -0.3 is 10.4 Å². The van der Waals surface area contributed by atoms with Gasteiger partial charge in [0.05, 0.1) is 6.42 Å². The smallest absolute Gasteiger partial charge is 0.225 e. The van der Waals surface area contributed by atoms with Crippen LogP contribution in [0.1, 0.15) is 10.4 Å². The Labute approximate surface area is 110 Å². The summed E-state index contributed by atoms with van der Waals surface area (Å²) in [5, 5.41) is 14.1. The molecule has 0 unspecified atom stereocenters. The number of phenols is 1. The molecular formula is C14H15NO2S. The Kier molecular flexibility index (Phi) is 4.36. The van der Waals surface area contributed by atoms with Crippen LogP contribution < -0.4 is 5.32 Å². The average molecular weight is 261 g/mol. The predicted octanol–water partition coefficient (Wildman–Crippen LogP) is 2.36. The number of hydrogen-bond donors (Lipinski definition) is 2. The largest absolute Gasteiger partial charge is 0.508 e. The molecule has 0 saturated heterocycles. The number of thiophene rings is 1. The molecule has 2 aromatic rings. The Balaban J connectivity index is 1.73. The van der Waals surface area contributed by atoms with Crippen molar-refractivity contribution >= 4 is 17.2 Å². The molecule has 3 nitrogen and oxygen atoms in total. The molecule has 2 N–H and O–H groups in total. The zero-order valence-electron chi connectivity index (χ0n) is 9.93. The van der Waals surface area contributed by atoms with Crippen molar-refractivity contribution in [1.82, 2.24) is 5.32 Å². The summed E-state index contributed by atoms with van der Waals surface area (Å²) in [6.07, 6.45) is 1.17. The van der Waals surface area contributed by atoms with Crippen LogP contribution in [0.3, 0.4) is 0 Å². The van der Waals surface area contributed by atoms with Crippen LogP contribution in [0.4, 0.5) is 0 Å². The molecule has 0 bridgehead atoms. The maximum absolute atomic E-state index is 11.6. The molecule has 0 atom stereocenters. The van der Waals surface area contributed by atoms with E-state index < -0.39 is 0 Å². The van der Waals surface area contributed by atoms with E-state index >= 15 is 0 Å². The summed E-state index contributed by atoms with van der Waals surface area (Å²) in [7, 11) is 0. The van der Waals surface area contributed by atoms with Gasteiger partial charge in [-0.15, -0.1) is 11.3 Å². The minimum absolute atomic E-state index is 0.0394. The highest BCUT2D eigenvalue weighted by molar-refractivity contribution is 7.10. The van der Waals surface area contributed by atoms with Gasteiger partial charge in [-0.1, -0.05) is 18.2 Å². The Morgan fingerprint density at radius 3 is 2.89 bits per heavy atom. The maximum Gasteiger partial charge on any atom is 0.225 e. The van der Waals surface area contributed by atoms with Gasteiger partial charge in [-0.25, -0.2) is 0 Å². The van der Waals surface area contributed by atoms with Gasteiger partial charge in [-0.05, 0) is 35.6 Å². The van der Waals surface area contributed by atoms with Crippen LogP contribution in [-0.2, 0) is 17.6 Å². The SMILES string of the molecule is O=C(Cc1cccs1)NCCc1cccc(O)c1. The van der Waals surface area contributed by atoms with Gasteiger partial charge in [0.25, 0.3) is 0 Å². The highest BCUT2D eigenvalue weighted by atomic mass is 32.1. The normalized spacial score (nSPS) is 10.2. The molecule has 0 aliphatic carbocycles. The molecule has 94 valence electrons. The molecule has 0 radical (unpaired) electrons. The minimum atomic E-state index is 0.0394. The third kappa shape index (κ3) is 3.89. The van der Waals surface area contributed by atoms with Crippen LogP contribution in [0.5, 0.6) is 5.75 Å². The van der Waals surface area contributed by atoms with Crippen molar-refractivity contribution in [1.29, 1.82) is 0 Å². The molecule has 0 aliphatic rings. The van der Waals surface area contributed by atoms with Gasteiger partial charge in [-0.2, -0.15) is 0 Å². The number of carbonyl (C=O) groups excluding carboxylic acids is 1. The molecule has 0 aliphatic heterocycles. The lowest BCUT2D eigenvalue weighted by molar-refractivity contribution is -0.120. The molecule has 0 fully saturated rings. The second-order valence-corrected chi connectivity index (χ2v) is 5.06. The highest BCUT2D eigenvalue weighted by Crippen LogP contribution is 2.11. The predicted molar refractivity (Wildman–Crippen MR) is 72.8 cm³/mol. The van der Waals surface area contributed by atoms with Gasteiger partial charge in [0.2, 0.25) is 5.91 Å². The van der Waals surface area contributed by atoms with Gasteiger partial charge in [0, 0.05) is 11.4 Å². The Morgan fingerprint density at radius 1 is 1.28 bits per heavy atom. The van der Waals surface area contributed by atoms with Crippen LogP contribution in [0, 0.1) is 0 Å². The van der Waals surface area contributed by atoms with E-state index in [-0.39, 0.29) is 11.7 Å². The first-order chi connectivity index (χ1) is 8.74. The van der Waals surface area contributed by atoms with E-state index in [1.165, 1.54) is 0 Å². The fourth-order valence-electron chi connectivity index (χ4n) is 1.69. The molecule has 1 amide bonds. The second-order valence-electron chi connectivity index (χ2n) is 4.03. The summed E-state index contributed by atoms with van der Waals surface area (Å²) in [6.45, 7) is 0.591. The van der Waals surface area contributed by atoms with E-state index in [0.29, 0.717) is 13.0 Å². The lowest BCUT2D eigenvalue weighted by Gasteiger charge is -2.05. The molecule has 1 heterocycles. The number of carbonyl (C=O) groups is 1. The van der Waals surface area contributed by atoms with Gasteiger partial charge in [0.15, 0.2) is 0 Å². The van der Waals surface area contributed by atoms with Crippen LogP contribution in [-0.4, -0.2) is 17.6 Å². The molecule has 4 heteroatoms. The third-order valence-electron chi connectivity index (χ3n) is 2.56. The summed E-state index contributed by atoms with van der Waals surface area (Å²) in [5.74, 6) is 0.301. The summed E-state index contributed by atoms with van der Waals surface area (Å²) >= 11 is 1.59. The van der Waals surface area contributed by atoms with Gasteiger partial charge >= 0.3 is 0 Å². The van der Waals surface area contributed by atoms with Crippen LogP contribution in [0.25, 0.3) is 0 Å². The number of nitrogens with one attached hydrogen (secondary N) is 1. The number of benzene rings is 1. The van der Waals surface area contributed by atoms with E-state index in [0.717, 1.165) is 16.9 Å². The molecule has 2 rings (SSSR count). The summed E-state index contributed by atoms with van der Waals surface area (Å²) < 4.78 is 0. The molecule has 0 spiro atoms. The standard InChI is InChI=1S/C14H15NO2S/c16-12-4-1-3-11(9-12)6-7-15-14(17)10-13-5-2-8-18-13/h1-5,8-9,16H,6-7,10H2,(H,15,17). The van der Waals surface area contributed by atoms with E-state index in [1.54, 1.807) is 29.5 Å². The van der Waals surface area contributed by atoms with Crippen molar-refractivity contribution in [2.75, 3.05) is 6.54 Å². The van der Waals surface area contributed by atoms with Crippen molar-refractivity contribution in [3.63, 3.8) is 0 Å². The van der Waals surface area contributed by atoms with Crippen molar-refractivity contribution in [2.45, 2.75) is 12.8 Å². The fourth-order valence-corrected chi connectivity index (χ4v) is 2.40. The molecule has 18 heavy (non-hydrogen) atoms. The number of rotatable bonds is 5. The molecule has 0 saturated carbocycles. The first-order valence-electron chi connectivity index (χ1n) is 5.81.